The van der Waals surface area contributed by atoms with Gasteiger partial charge in [0.15, 0.2) is 12.7 Å². The molecule has 0 saturated heterocycles. The van der Waals surface area contributed by atoms with Crippen molar-refractivity contribution in [1.82, 2.24) is 0 Å². The standard InChI is InChI=1S/C32H12BF24.C13H13N2O2/c34-25(35,36)13-1-14(26(37,38)39)6-21(5-13)33(22-7-15(27(40,41)42)2-16(8-22)28(43,44)45,23-9-17(29(46,47)48)3-18(10-23)30(49,50)51)24-11-19(31(52,53)54)4-20(12-24)32(55,56)57;16-15(17)11-13-8-4-5-9-14(13)10-12-6-2-1-3-7-12/h1-12H;1-9H,10-11H2/q-1;+1. The molecule has 398 valence electrons. The molecule has 0 aliphatic heterocycles. The summed E-state index contributed by atoms with van der Waals surface area (Å²) in [5.74, 6) is 0. The summed E-state index contributed by atoms with van der Waals surface area (Å²) in [5, 5.41) is 10.6. The number of pyridine rings is 1. The van der Waals surface area contributed by atoms with Gasteiger partial charge in [0.1, 0.15) is 6.15 Å². The predicted molar refractivity (Wildman–Crippen MR) is 213 cm³/mol. The zero-order valence-electron chi connectivity index (χ0n) is 35.9. The van der Waals surface area contributed by atoms with Gasteiger partial charge in [-0.1, -0.05) is 78.9 Å². The smallest absolute Gasteiger partial charge is 0.264 e. The summed E-state index contributed by atoms with van der Waals surface area (Å²) < 4.78 is 343. The first-order chi connectivity index (χ1) is 33.5. The molecule has 1 aromatic heterocycles. The van der Waals surface area contributed by atoms with Crippen molar-refractivity contribution in [2.75, 3.05) is 0 Å². The molecule has 29 heteroatoms. The zero-order valence-corrected chi connectivity index (χ0v) is 35.9. The van der Waals surface area contributed by atoms with Crippen LogP contribution >= 0.6 is 0 Å². The normalized spacial score (nSPS) is 13.4. The second-order valence-electron chi connectivity index (χ2n) is 16.0. The summed E-state index contributed by atoms with van der Waals surface area (Å²) in [5.41, 5.74) is -28.4. The van der Waals surface area contributed by atoms with Gasteiger partial charge in [0.05, 0.1) is 44.5 Å². The first kappa shape index (κ1) is 57.9. The molecule has 4 nitrogen and oxygen atoms in total. The van der Waals surface area contributed by atoms with E-state index < -0.39 is 195 Å². The van der Waals surface area contributed by atoms with Gasteiger partial charge < -0.3 is 0 Å². The van der Waals surface area contributed by atoms with Gasteiger partial charge >= 0.3 is 49.4 Å². The van der Waals surface area contributed by atoms with Gasteiger partial charge in [-0.3, -0.25) is 10.1 Å². The van der Waals surface area contributed by atoms with Crippen molar-refractivity contribution in [2.45, 2.75) is 62.5 Å². The van der Waals surface area contributed by atoms with Crippen molar-refractivity contribution >= 4 is 28.0 Å². The van der Waals surface area contributed by atoms with E-state index in [1.165, 1.54) is 0 Å². The molecule has 0 aliphatic rings. The molecular formula is C45H25BF24N2O2. The topological polar surface area (TPSA) is 47.0 Å². The van der Waals surface area contributed by atoms with Gasteiger partial charge in [-0.05, 0) is 30.3 Å². The van der Waals surface area contributed by atoms with Crippen LogP contribution in [-0.4, -0.2) is 11.1 Å². The van der Waals surface area contributed by atoms with Crippen LogP contribution in [0.15, 0.2) is 128 Å². The summed E-state index contributed by atoms with van der Waals surface area (Å²) in [6.45, 7) is 0.512. The van der Waals surface area contributed by atoms with Gasteiger partial charge in [-0.15, -0.1) is 0 Å². The van der Waals surface area contributed by atoms with E-state index in [2.05, 4.69) is 0 Å². The Hall–Kier alpha value is -6.97. The minimum atomic E-state index is -6.13. The first-order valence-corrected chi connectivity index (χ1v) is 20.0. The quantitative estimate of drug-likeness (QED) is 0.0501. The van der Waals surface area contributed by atoms with E-state index in [9.17, 15) is 115 Å². The van der Waals surface area contributed by atoms with Crippen LogP contribution in [0.25, 0.3) is 0 Å². The largest absolute Gasteiger partial charge is 0.416 e. The van der Waals surface area contributed by atoms with Gasteiger partial charge in [0.25, 0.3) is 12.2 Å². The third-order valence-electron chi connectivity index (χ3n) is 11.0. The van der Waals surface area contributed by atoms with Gasteiger partial charge in [0, 0.05) is 22.6 Å². The number of hydrogen-bond donors (Lipinski definition) is 0. The molecule has 0 atom stereocenters. The highest BCUT2D eigenvalue weighted by atomic mass is 19.4. The Morgan fingerprint density at radius 1 is 0.365 bits per heavy atom. The molecule has 0 saturated carbocycles. The van der Waals surface area contributed by atoms with Gasteiger partial charge in [0.2, 0.25) is 0 Å². The average molecular weight is 1090 g/mol. The van der Waals surface area contributed by atoms with Gasteiger partial charge in [-0.25, -0.2) is 0 Å². The third-order valence-corrected chi connectivity index (χ3v) is 11.0. The Morgan fingerprint density at radius 3 is 0.838 bits per heavy atom. The molecule has 0 bridgehead atoms. The van der Waals surface area contributed by atoms with Crippen LogP contribution in [0, 0.1) is 10.1 Å². The molecule has 0 fully saturated rings. The number of alkyl halides is 24. The SMILES string of the molecule is FC(F)(F)c1cc([B-](c2cc(C(F)(F)F)cc(C(F)(F)F)c2)(c2cc(C(F)(F)F)cc(C(F)(F)F)c2)c2cc(C(F)(F)F)cc(C(F)(F)F)c2)cc(C(F)(F)F)c1.O=[N+]([O-])Cc1cccc[n+]1Cc1ccccc1. The Bertz CT molecular complexity index is 2550. The molecule has 74 heavy (non-hydrogen) atoms. The lowest BCUT2D eigenvalue weighted by Crippen LogP contribution is -2.75. The molecule has 0 aliphatic carbocycles. The highest BCUT2D eigenvalue weighted by Crippen LogP contribution is 2.41. The molecule has 6 aromatic rings. The summed E-state index contributed by atoms with van der Waals surface area (Å²) >= 11 is 0. The number of rotatable bonds is 8. The van der Waals surface area contributed by atoms with E-state index in [0.29, 0.717) is 12.2 Å². The fraction of sp³-hybridized carbons (Fsp3) is 0.222. The molecule has 0 radical (unpaired) electrons. The monoisotopic (exact) mass is 1090 g/mol. The molecule has 0 amide bonds. The van der Waals surface area contributed by atoms with E-state index in [0.717, 1.165) is 5.56 Å². The van der Waals surface area contributed by atoms with Crippen LogP contribution in [0.1, 0.15) is 55.8 Å². The first-order valence-electron chi connectivity index (χ1n) is 20.0. The molecule has 0 unspecified atom stereocenters. The molecule has 6 rings (SSSR count). The summed E-state index contributed by atoms with van der Waals surface area (Å²) in [7, 11) is 0. The van der Waals surface area contributed by atoms with E-state index in [1.807, 2.05) is 53.2 Å². The highest BCUT2D eigenvalue weighted by molar-refractivity contribution is 7.20. The Kier molecular flexibility index (Phi) is 15.7. The molecule has 5 aromatic carbocycles. The van der Waals surface area contributed by atoms with E-state index in [4.69, 9.17) is 0 Å². The lowest BCUT2D eigenvalue weighted by Gasteiger charge is -2.46. The predicted octanol–water partition coefficient (Wildman–Crippen LogP) is 13.0. The van der Waals surface area contributed by atoms with E-state index in [-0.39, 0.29) is 11.5 Å². The molecule has 1 heterocycles. The van der Waals surface area contributed by atoms with Crippen molar-refractivity contribution in [1.29, 1.82) is 0 Å². The van der Waals surface area contributed by atoms with Crippen LogP contribution in [0.3, 0.4) is 0 Å². The van der Waals surface area contributed by atoms with Crippen LogP contribution in [0.2, 0.25) is 0 Å². The molecular weight excluding hydrogens is 1070 g/mol. The number of nitrogens with zero attached hydrogens (tertiary/aromatic N) is 2. The average Bonchev–Trinajstić information content (AvgIpc) is 3.25. The van der Waals surface area contributed by atoms with Gasteiger partial charge in [-0.2, -0.15) is 132 Å². The number of hydrogen-bond acceptors (Lipinski definition) is 2. The van der Waals surface area contributed by atoms with Crippen LogP contribution in [0.5, 0.6) is 0 Å². The summed E-state index contributed by atoms with van der Waals surface area (Å²) in [6.07, 6.45) is -52.9. The maximum Gasteiger partial charge on any atom is 0.416 e. The fourth-order valence-electron chi connectivity index (χ4n) is 7.79. The van der Waals surface area contributed by atoms with Crippen molar-refractivity contribution in [3.05, 3.63) is 193 Å². The van der Waals surface area contributed by atoms with Crippen LogP contribution in [-0.2, 0) is 62.5 Å². The van der Waals surface area contributed by atoms with E-state index in [1.54, 1.807) is 6.07 Å². The Labute approximate surface area is 398 Å². The fourth-order valence-corrected chi connectivity index (χ4v) is 7.79. The zero-order chi connectivity index (χ0) is 56.0. The van der Waals surface area contributed by atoms with Crippen molar-refractivity contribution in [3.8, 4) is 0 Å². The minimum Gasteiger partial charge on any atom is -0.264 e. The van der Waals surface area contributed by atoms with Crippen molar-refractivity contribution < 1.29 is 115 Å². The van der Waals surface area contributed by atoms with Crippen LogP contribution in [0.4, 0.5) is 105 Å². The lowest BCUT2D eigenvalue weighted by atomic mass is 9.12. The van der Waals surface area contributed by atoms with Crippen molar-refractivity contribution in [2.24, 2.45) is 0 Å². The number of halogens is 24. The second kappa shape index (κ2) is 20.0. The second-order valence-corrected chi connectivity index (χ2v) is 16.0. The highest BCUT2D eigenvalue weighted by Gasteiger charge is 2.47. The maximum absolute atomic E-state index is 14.2. The minimum absolute atomic E-state index is 0.145. The van der Waals surface area contributed by atoms with Crippen molar-refractivity contribution in [3.63, 3.8) is 0 Å². The lowest BCUT2D eigenvalue weighted by molar-refractivity contribution is -0.708. The maximum atomic E-state index is 14.2. The summed E-state index contributed by atoms with van der Waals surface area (Å²) in [4.78, 5) is 10.3. The Balaban J connectivity index is 0.000000500. The van der Waals surface area contributed by atoms with E-state index >= 15 is 0 Å². The Morgan fingerprint density at radius 2 is 0.608 bits per heavy atom. The summed E-state index contributed by atoms with van der Waals surface area (Å²) in [6, 6.07) is 6.58. The molecule has 0 N–H and O–H groups in total. The third kappa shape index (κ3) is 13.6. The number of benzene rings is 5. The number of aromatic nitrogens is 1. The van der Waals surface area contributed by atoms with Crippen LogP contribution < -0.4 is 26.4 Å². The number of nitro groups is 1. The molecule has 0 spiro atoms.